The second-order valence-corrected chi connectivity index (χ2v) is 10.1. The van der Waals surface area contributed by atoms with Crippen molar-refractivity contribution in [2.24, 2.45) is 11.3 Å². The zero-order chi connectivity index (χ0) is 15.7. The van der Waals surface area contributed by atoms with E-state index in [0.29, 0.717) is 28.1 Å². The predicted molar refractivity (Wildman–Crippen MR) is 85.8 cm³/mol. The smallest absolute Gasteiger partial charge is 0.252 e. The molecule has 0 bridgehead atoms. The SMILES string of the molecule is CC(C)(C)C1CCCN(S(=O)(=O)c2ccc(CO)s2)CC1. The summed E-state index contributed by atoms with van der Waals surface area (Å²) in [7, 11) is -3.40. The summed E-state index contributed by atoms with van der Waals surface area (Å²) >= 11 is 1.17. The van der Waals surface area contributed by atoms with Gasteiger partial charge in [0, 0.05) is 18.0 Å². The van der Waals surface area contributed by atoms with Gasteiger partial charge in [0.2, 0.25) is 0 Å². The van der Waals surface area contributed by atoms with Gasteiger partial charge in [-0.1, -0.05) is 20.8 Å². The highest BCUT2D eigenvalue weighted by atomic mass is 32.2. The molecule has 1 saturated heterocycles. The Balaban J connectivity index is 2.14. The number of aliphatic hydroxyl groups is 1. The quantitative estimate of drug-likeness (QED) is 0.926. The molecule has 1 aliphatic heterocycles. The molecule has 1 atom stereocenters. The Morgan fingerprint density at radius 3 is 2.57 bits per heavy atom. The highest BCUT2D eigenvalue weighted by Crippen LogP contribution is 2.36. The monoisotopic (exact) mass is 331 g/mol. The molecule has 1 fully saturated rings. The summed E-state index contributed by atoms with van der Waals surface area (Å²) < 4.78 is 27.3. The van der Waals surface area contributed by atoms with Crippen LogP contribution in [-0.4, -0.2) is 30.9 Å². The van der Waals surface area contributed by atoms with Gasteiger partial charge in [0.25, 0.3) is 10.0 Å². The van der Waals surface area contributed by atoms with E-state index in [1.807, 2.05) is 0 Å². The lowest BCUT2D eigenvalue weighted by atomic mass is 9.77. The summed E-state index contributed by atoms with van der Waals surface area (Å²) in [6.45, 7) is 7.78. The normalized spacial score (nSPS) is 22.2. The summed E-state index contributed by atoms with van der Waals surface area (Å²) in [5.41, 5.74) is 0.229. The van der Waals surface area contributed by atoms with Crippen LogP contribution in [-0.2, 0) is 16.6 Å². The summed E-state index contributed by atoms with van der Waals surface area (Å²) in [6, 6.07) is 3.30. The number of nitrogens with zero attached hydrogens (tertiary/aromatic N) is 1. The maximum Gasteiger partial charge on any atom is 0.252 e. The average Bonchev–Trinajstić information content (AvgIpc) is 2.73. The van der Waals surface area contributed by atoms with Crippen LogP contribution in [0.4, 0.5) is 0 Å². The third-order valence-corrected chi connectivity index (χ3v) is 7.73. The number of thiophene rings is 1. The van der Waals surface area contributed by atoms with Crippen LogP contribution in [0.5, 0.6) is 0 Å². The maximum atomic E-state index is 12.7. The Morgan fingerprint density at radius 1 is 1.29 bits per heavy atom. The molecular weight excluding hydrogens is 306 g/mol. The molecule has 0 aromatic carbocycles. The second-order valence-electron chi connectivity index (χ2n) is 6.78. The predicted octanol–water partition coefficient (Wildman–Crippen LogP) is 3.08. The molecule has 6 heteroatoms. The van der Waals surface area contributed by atoms with Crippen molar-refractivity contribution >= 4 is 21.4 Å². The zero-order valence-corrected chi connectivity index (χ0v) is 14.6. The van der Waals surface area contributed by atoms with E-state index in [9.17, 15) is 8.42 Å². The van der Waals surface area contributed by atoms with Crippen LogP contribution in [0.25, 0.3) is 0 Å². The van der Waals surface area contributed by atoms with E-state index >= 15 is 0 Å². The highest BCUT2D eigenvalue weighted by Gasteiger charge is 2.32. The molecule has 2 heterocycles. The molecule has 0 saturated carbocycles. The van der Waals surface area contributed by atoms with Gasteiger partial charge in [-0.15, -0.1) is 11.3 Å². The Labute approximate surface area is 131 Å². The van der Waals surface area contributed by atoms with E-state index in [1.165, 1.54) is 11.3 Å². The minimum absolute atomic E-state index is 0.105. The second kappa shape index (κ2) is 6.36. The molecule has 2 rings (SSSR count). The summed E-state index contributed by atoms with van der Waals surface area (Å²) in [6.07, 6.45) is 2.92. The van der Waals surface area contributed by atoms with E-state index in [-0.39, 0.29) is 12.0 Å². The van der Waals surface area contributed by atoms with E-state index < -0.39 is 10.0 Å². The molecule has 120 valence electrons. The van der Waals surface area contributed by atoms with Crippen LogP contribution in [0.15, 0.2) is 16.3 Å². The van der Waals surface area contributed by atoms with Gasteiger partial charge < -0.3 is 5.11 Å². The first-order valence-electron chi connectivity index (χ1n) is 7.45. The molecule has 1 aliphatic rings. The van der Waals surface area contributed by atoms with E-state index in [1.54, 1.807) is 16.4 Å². The van der Waals surface area contributed by atoms with E-state index in [2.05, 4.69) is 20.8 Å². The lowest BCUT2D eigenvalue weighted by Gasteiger charge is -2.29. The molecule has 0 aliphatic carbocycles. The third-order valence-electron chi connectivity index (χ3n) is 4.30. The topological polar surface area (TPSA) is 57.6 Å². The molecule has 1 aromatic heterocycles. The molecular formula is C15H25NO3S2. The number of aliphatic hydroxyl groups excluding tert-OH is 1. The lowest BCUT2D eigenvalue weighted by molar-refractivity contribution is 0.217. The van der Waals surface area contributed by atoms with Crippen LogP contribution in [0, 0.1) is 11.3 Å². The van der Waals surface area contributed by atoms with Crippen molar-refractivity contribution in [2.45, 2.75) is 50.8 Å². The lowest BCUT2D eigenvalue weighted by Crippen LogP contribution is -2.32. The fourth-order valence-corrected chi connectivity index (χ4v) is 5.75. The van der Waals surface area contributed by atoms with Crippen molar-refractivity contribution in [1.82, 2.24) is 4.31 Å². The number of hydrogen-bond acceptors (Lipinski definition) is 4. The van der Waals surface area contributed by atoms with Crippen molar-refractivity contribution in [1.29, 1.82) is 0 Å². The summed E-state index contributed by atoms with van der Waals surface area (Å²) in [5, 5.41) is 9.10. The molecule has 0 amide bonds. The Hall–Kier alpha value is -0.430. The van der Waals surface area contributed by atoms with Gasteiger partial charge in [-0.2, -0.15) is 4.31 Å². The van der Waals surface area contributed by atoms with Crippen LogP contribution in [0.1, 0.15) is 44.9 Å². The number of hydrogen-bond donors (Lipinski definition) is 1. The van der Waals surface area contributed by atoms with Gasteiger partial charge >= 0.3 is 0 Å². The summed E-state index contributed by atoms with van der Waals surface area (Å²) in [4.78, 5) is 0.691. The molecule has 1 aromatic rings. The Morgan fingerprint density at radius 2 is 2.00 bits per heavy atom. The van der Waals surface area contributed by atoms with Gasteiger partial charge in [0.1, 0.15) is 4.21 Å². The van der Waals surface area contributed by atoms with Crippen molar-refractivity contribution in [3.05, 3.63) is 17.0 Å². The average molecular weight is 332 g/mol. The van der Waals surface area contributed by atoms with Crippen LogP contribution in [0.3, 0.4) is 0 Å². The molecule has 21 heavy (non-hydrogen) atoms. The first-order chi connectivity index (χ1) is 9.75. The van der Waals surface area contributed by atoms with Crippen molar-refractivity contribution in [3.8, 4) is 0 Å². The highest BCUT2D eigenvalue weighted by molar-refractivity contribution is 7.91. The van der Waals surface area contributed by atoms with Crippen molar-refractivity contribution in [2.75, 3.05) is 13.1 Å². The van der Waals surface area contributed by atoms with E-state index in [0.717, 1.165) is 19.3 Å². The first kappa shape index (κ1) is 16.9. The fraction of sp³-hybridized carbons (Fsp3) is 0.733. The van der Waals surface area contributed by atoms with Crippen LogP contribution in [0.2, 0.25) is 0 Å². The van der Waals surface area contributed by atoms with Crippen molar-refractivity contribution < 1.29 is 13.5 Å². The molecule has 0 spiro atoms. The van der Waals surface area contributed by atoms with Crippen LogP contribution >= 0.6 is 11.3 Å². The van der Waals surface area contributed by atoms with Crippen molar-refractivity contribution in [3.63, 3.8) is 0 Å². The minimum atomic E-state index is -3.40. The fourth-order valence-electron chi connectivity index (χ4n) is 2.89. The maximum absolute atomic E-state index is 12.7. The molecule has 1 unspecified atom stereocenters. The van der Waals surface area contributed by atoms with Gasteiger partial charge in [0.15, 0.2) is 0 Å². The summed E-state index contributed by atoms with van der Waals surface area (Å²) in [5.74, 6) is 0.564. The van der Waals surface area contributed by atoms with E-state index in [4.69, 9.17) is 5.11 Å². The van der Waals surface area contributed by atoms with Crippen LogP contribution < -0.4 is 0 Å². The zero-order valence-electron chi connectivity index (χ0n) is 13.0. The Bertz CT molecular complexity index is 572. The molecule has 4 nitrogen and oxygen atoms in total. The van der Waals surface area contributed by atoms with Gasteiger partial charge in [-0.25, -0.2) is 8.42 Å². The van der Waals surface area contributed by atoms with Gasteiger partial charge in [-0.05, 0) is 42.7 Å². The first-order valence-corrected chi connectivity index (χ1v) is 9.70. The van der Waals surface area contributed by atoms with Gasteiger partial charge in [0.05, 0.1) is 6.61 Å². The van der Waals surface area contributed by atoms with Gasteiger partial charge in [-0.3, -0.25) is 0 Å². The number of sulfonamides is 1. The minimum Gasteiger partial charge on any atom is -0.391 e. The molecule has 1 N–H and O–H groups in total. The number of rotatable bonds is 3. The standard InChI is InChI=1S/C15H25NO3S2/c1-15(2,3)12-5-4-9-16(10-8-12)21(18,19)14-7-6-13(11-17)20-14/h6-7,12,17H,4-5,8-11H2,1-3H3. The molecule has 0 radical (unpaired) electrons. The third kappa shape index (κ3) is 3.86. The Kier molecular flexibility index (Phi) is 5.13. The largest absolute Gasteiger partial charge is 0.391 e.